The maximum absolute atomic E-state index is 14.0. The van der Waals surface area contributed by atoms with Gasteiger partial charge in [0, 0.05) is 29.7 Å². The molecule has 0 amide bonds. The largest absolute Gasteiger partial charge is 0.381 e. The van der Waals surface area contributed by atoms with E-state index in [-0.39, 0.29) is 17.2 Å². The molecule has 21 heavy (non-hydrogen) atoms. The molecule has 0 bridgehead atoms. The first-order valence-electron chi connectivity index (χ1n) is 6.10. The van der Waals surface area contributed by atoms with E-state index in [9.17, 15) is 4.39 Å². The van der Waals surface area contributed by atoms with E-state index >= 15 is 0 Å². The quantitative estimate of drug-likeness (QED) is 0.744. The van der Waals surface area contributed by atoms with E-state index in [0.29, 0.717) is 17.0 Å². The van der Waals surface area contributed by atoms with Crippen molar-refractivity contribution < 1.29 is 4.39 Å². The first-order valence-corrected chi connectivity index (χ1v) is 6.10. The molecule has 0 fully saturated rings. The summed E-state index contributed by atoms with van der Waals surface area (Å²) in [6.07, 6.45) is 5.81. The number of nitrogens with zero attached hydrogens (tertiary/aromatic N) is 4. The molecule has 3 rings (SSSR count). The van der Waals surface area contributed by atoms with Gasteiger partial charge < -0.3 is 11.5 Å². The van der Waals surface area contributed by atoms with Crippen LogP contribution in [0.2, 0.25) is 0 Å². The van der Waals surface area contributed by atoms with Crippen molar-refractivity contribution in [2.45, 2.75) is 0 Å². The molecular formula is C14H11FN6. The predicted octanol–water partition coefficient (Wildman–Crippen LogP) is 1.90. The Morgan fingerprint density at radius 3 is 2.24 bits per heavy atom. The van der Waals surface area contributed by atoms with Gasteiger partial charge in [-0.3, -0.25) is 9.97 Å². The number of anilines is 2. The highest BCUT2D eigenvalue weighted by atomic mass is 19.1. The lowest BCUT2D eigenvalue weighted by molar-refractivity contribution is 0.624. The van der Waals surface area contributed by atoms with Crippen LogP contribution in [0, 0.1) is 5.82 Å². The van der Waals surface area contributed by atoms with Gasteiger partial charge in [-0.05, 0) is 18.2 Å². The van der Waals surface area contributed by atoms with Crippen molar-refractivity contribution in [1.82, 2.24) is 19.9 Å². The normalized spacial score (nSPS) is 10.5. The Labute approximate surface area is 119 Å². The molecule has 0 radical (unpaired) electrons. The molecule has 0 saturated carbocycles. The van der Waals surface area contributed by atoms with Crippen LogP contribution in [0.4, 0.5) is 16.0 Å². The zero-order valence-corrected chi connectivity index (χ0v) is 10.9. The maximum atomic E-state index is 14.0. The van der Waals surface area contributed by atoms with Gasteiger partial charge in [-0.1, -0.05) is 0 Å². The zero-order chi connectivity index (χ0) is 14.8. The van der Waals surface area contributed by atoms with Crippen molar-refractivity contribution in [2.24, 2.45) is 0 Å². The van der Waals surface area contributed by atoms with Crippen LogP contribution in [0.25, 0.3) is 22.5 Å². The second-order valence-corrected chi connectivity index (χ2v) is 4.29. The Bertz CT molecular complexity index is 791. The summed E-state index contributed by atoms with van der Waals surface area (Å²) < 4.78 is 14.0. The summed E-state index contributed by atoms with van der Waals surface area (Å²) in [6, 6.07) is 5.04. The van der Waals surface area contributed by atoms with Crippen molar-refractivity contribution in [3.8, 4) is 22.5 Å². The summed E-state index contributed by atoms with van der Waals surface area (Å²) in [4.78, 5) is 16.1. The molecule has 3 aromatic heterocycles. The topological polar surface area (TPSA) is 104 Å². The molecule has 3 heterocycles. The monoisotopic (exact) mass is 282 g/mol. The smallest absolute Gasteiger partial charge is 0.166 e. The van der Waals surface area contributed by atoms with E-state index in [1.165, 1.54) is 12.3 Å². The molecule has 6 nitrogen and oxygen atoms in total. The Hall–Kier alpha value is -3.09. The lowest BCUT2D eigenvalue weighted by Crippen LogP contribution is -2.05. The minimum absolute atomic E-state index is 0.0499. The minimum Gasteiger partial charge on any atom is -0.381 e. The van der Waals surface area contributed by atoms with Gasteiger partial charge >= 0.3 is 0 Å². The third-order valence-corrected chi connectivity index (χ3v) is 2.91. The van der Waals surface area contributed by atoms with Gasteiger partial charge in [-0.15, -0.1) is 0 Å². The van der Waals surface area contributed by atoms with Crippen LogP contribution in [0.15, 0.2) is 43.0 Å². The molecule has 0 unspecified atom stereocenters. The lowest BCUT2D eigenvalue weighted by atomic mass is 10.1. The van der Waals surface area contributed by atoms with Crippen molar-refractivity contribution in [3.63, 3.8) is 0 Å². The van der Waals surface area contributed by atoms with Gasteiger partial charge in [0.25, 0.3) is 0 Å². The number of rotatable bonds is 2. The molecule has 0 aliphatic rings. The number of aromatic nitrogens is 4. The molecule has 3 aromatic rings. The van der Waals surface area contributed by atoms with Crippen LogP contribution in [-0.4, -0.2) is 19.9 Å². The molecular weight excluding hydrogens is 271 g/mol. The van der Waals surface area contributed by atoms with Gasteiger partial charge in [-0.25, -0.2) is 14.4 Å². The first-order chi connectivity index (χ1) is 10.2. The second-order valence-electron chi connectivity index (χ2n) is 4.29. The molecule has 7 heteroatoms. The number of hydrogen-bond acceptors (Lipinski definition) is 6. The van der Waals surface area contributed by atoms with Crippen molar-refractivity contribution in [3.05, 3.63) is 48.8 Å². The summed E-state index contributed by atoms with van der Waals surface area (Å²) in [5, 5.41) is 0. The number of nitrogens with two attached hydrogens (primary N) is 2. The molecule has 0 saturated heterocycles. The molecule has 104 valence electrons. The fourth-order valence-electron chi connectivity index (χ4n) is 1.92. The van der Waals surface area contributed by atoms with Crippen molar-refractivity contribution >= 4 is 11.6 Å². The third-order valence-electron chi connectivity index (χ3n) is 2.91. The van der Waals surface area contributed by atoms with Crippen LogP contribution in [0.5, 0.6) is 0 Å². The molecule has 4 N–H and O–H groups in total. The number of pyridine rings is 2. The number of halogens is 1. The summed E-state index contributed by atoms with van der Waals surface area (Å²) in [7, 11) is 0. The summed E-state index contributed by atoms with van der Waals surface area (Å²) in [5.41, 5.74) is 13.1. The first kappa shape index (κ1) is 12.9. The Kier molecular flexibility index (Phi) is 3.15. The number of nitrogen functional groups attached to an aromatic ring is 2. The molecule has 0 aromatic carbocycles. The van der Waals surface area contributed by atoms with Gasteiger partial charge in [0.15, 0.2) is 17.5 Å². The van der Waals surface area contributed by atoms with Crippen molar-refractivity contribution in [2.75, 3.05) is 11.5 Å². The third kappa shape index (κ3) is 2.36. The lowest BCUT2D eigenvalue weighted by Gasteiger charge is -2.11. The second kappa shape index (κ2) is 5.12. The van der Waals surface area contributed by atoms with Crippen molar-refractivity contribution in [1.29, 1.82) is 0 Å². The Morgan fingerprint density at radius 2 is 1.57 bits per heavy atom. The van der Waals surface area contributed by atoms with Crippen LogP contribution >= 0.6 is 0 Å². The Morgan fingerprint density at radius 1 is 0.857 bits per heavy atom. The predicted molar refractivity (Wildman–Crippen MR) is 77.3 cm³/mol. The van der Waals surface area contributed by atoms with Gasteiger partial charge in [0.2, 0.25) is 0 Å². The average molecular weight is 282 g/mol. The van der Waals surface area contributed by atoms with Crippen LogP contribution in [0.3, 0.4) is 0 Å². The van der Waals surface area contributed by atoms with E-state index < -0.39 is 5.82 Å². The Balaban J connectivity index is 2.30. The summed E-state index contributed by atoms with van der Waals surface area (Å²) in [6.45, 7) is 0. The van der Waals surface area contributed by atoms with E-state index in [1.807, 2.05) is 0 Å². The molecule has 0 aliphatic carbocycles. The van der Waals surface area contributed by atoms with Gasteiger partial charge in [0.1, 0.15) is 11.4 Å². The molecule has 0 spiro atoms. The van der Waals surface area contributed by atoms with Crippen LogP contribution in [-0.2, 0) is 0 Å². The average Bonchev–Trinajstić information content (AvgIpc) is 2.51. The summed E-state index contributed by atoms with van der Waals surface area (Å²) in [5.74, 6) is -0.373. The highest BCUT2D eigenvalue weighted by molar-refractivity contribution is 5.80. The molecule has 0 atom stereocenters. The van der Waals surface area contributed by atoms with E-state index in [4.69, 9.17) is 11.5 Å². The highest BCUT2D eigenvalue weighted by Crippen LogP contribution is 2.31. The fourth-order valence-corrected chi connectivity index (χ4v) is 1.92. The standard InChI is InChI=1S/C14H11FN6/c15-10-7-19-5-3-9(10)12-11(8-2-1-4-18-6-8)20-13(16)14(17)21-12/h1-7H,(H2,16,20)(H2,17,21). The maximum Gasteiger partial charge on any atom is 0.166 e. The number of hydrogen-bond donors (Lipinski definition) is 2. The fraction of sp³-hybridized carbons (Fsp3) is 0. The molecule has 0 aliphatic heterocycles. The minimum atomic E-state index is -0.513. The van der Waals surface area contributed by atoms with E-state index in [1.54, 1.807) is 24.5 Å². The zero-order valence-electron chi connectivity index (χ0n) is 10.9. The summed E-state index contributed by atoms with van der Waals surface area (Å²) >= 11 is 0. The van der Waals surface area contributed by atoms with E-state index in [0.717, 1.165) is 6.20 Å². The SMILES string of the molecule is Nc1nc(-c2cccnc2)c(-c2ccncc2F)nc1N. The van der Waals surface area contributed by atoms with Crippen LogP contribution < -0.4 is 11.5 Å². The highest BCUT2D eigenvalue weighted by Gasteiger charge is 2.17. The van der Waals surface area contributed by atoms with Crippen LogP contribution in [0.1, 0.15) is 0 Å². The van der Waals surface area contributed by atoms with E-state index in [2.05, 4.69) is 19.9 Å². The van der Waals surface area contributed by atoms with Gasteiger partial charge in [0.05, 0.1) is 6.20 Å². The van der Waals surface area contributed by atoms with Gasteiger partial charge in [-0.2, -0.15) is 0 Å².